The maximum Gasteiger partial charge on any atom is 0.274 e. The maximum atomic E-state index is 12.8. The topological polar surface area (TPSA) is 41.4 Å². The van der Waals surface area contributed by atoms with Gasteiger partial charge in [-0.1, -0.05) is 43.7 Å². The van der Waals surface area contributed by atoms with Gasteiger partial charge >= 0.3 is 0 Å². The van der Waals surface area contributed by atoms with Crippen LogP contribution in [0.3, 0.4) is 0 Å². The van der Waals surface area contributed by atoms with Crippen LogP contribution in [-0.2, 0) is 19.4 Å². The summed E-state index contributed by atoms with van der Waals surface area (Å²) in [6.07, 6.45) is 5.46. The van der Waals surface area contributed by atoms with Gasteiger partial charge in [-0.15, -0.1) is 0 Å². The number of hydrogen-bond acceptors (Lipinski definition) is 3. The van der Waals surface area contributed by atoms with Crippen LogP contribution in [0.15, 0.2) is 30.3 Å². The number of unbranched alkanes of at least 4 members (excludes halogenated alkanes) is 1. The Morgan fingerprint density at radius 1 is 1.22 bits per heavy atom. The lowest BCUT2D eigenvalue weighted by Crippen LogP contribution is -2.38. The number of likely N-dealkylation sites (N-methyl/N-ethyl adjacent to an activating group) is 1. The third-order valence-corrected chi connectivity index (χ3v) is 5.59. The third-order valence-electron chi connectivity index (χ3n) is 5.59. The molecule has 0 saturated carbocycles. The summed E-state index contributed by atoms with van der Waals surface area (Å²) in [5.41, 5.74) is 4.25. The number of benzene rings is 1. The number of aromatic nitrogens is 2. The first-order chi connectivity index (χ1) is 13.0. The molecule has 1 amide bonds. The second kappa shape index (κ2) is 8.70. The van der Waals surface area contributed by atoms with E-state index in [2.05, 4.69) is 47.8 Å². The van der Waals surface area contributed by atoms with Gasteiger partial charge in [0, 0.05) is 31.4 Å². The highest BCUT2D eigenvalue weighted by Gasteiger charge is 2.31. The highest BCUT2D eigenvalue weighted by Crippen LogP contribution is 2.28. The fourth-order valence-corrected chi connectivity index (χ4v) is 3.91. The molecule has 27 heavy (non-hydrogen) atoms. The Bertz CT molecular complexity index is 766. The van der Waals surface area contributed by atoms with Crippen LogP contribution in [0.5, 0.6) is 0 Å². The van der Waals surface area contributed by atoms with E-state index in [0.29, 0.717) is 11.7 Å². The molecule has 1 aliphatic rings. The van der Waals surface area contributed by atoms with Crippen molar-refractivity contribution in [2.24, 2.45) is 0 Å². The number of rotatable bonds is 7. The van der Waals surface area contributed by atoms with Crippen LogP contribution < -0.4 is 0 Å². The Kier molecular flexibility index (Phi) is 6.32. The number of amides is 1. The lowest BCUT2D eigenvalue weighted by molar-refractivity contribution is 0.0819. The van der Waals surface area contributed by atoms with Gasteiger partial charge in [0.25, 0.3) is 5.91 Å². The first-order valence-corrected chi connectivity index (χ1v) is 10.1. The van der Waals surface area contributed by atoms with E-state index in [-0.39, 0.29) is 5.91 Å². The molecule has 1 heterocycles. The molecular weight excluding hydrogens is 336 g/mol. The second-order valence-corrected chi connectivity index (χ2v) is 7.85. The molecule has 5 heteroatoms. The van der Waals surface area contributed by atoms with Crippen molar-refractivity contribution < 1.29 is 4.79 Å². The van der Waals surface area contributed by atoms with Crippen LogP contribution in [0, 0.1) is 0 Å². The summed E-state index contributed by atoms with van der Waals surface area (Å²) in [5.74, 6) is 0.00919. The number of hydrogen-bond donors (Lipinski definition) is 0. The minimum Gasteiger partial charge on any atom is -0.343 e. The first kappa shape index (κ1) is 19.6. The van der Waals surface area contributed by atoms with Crippen LogP contribution in [0.4, 0.5) is 0 Å². The molecule has 5 nitrogen and oxygen atoms in total. The van der Waals surface area contributed by atoms with Gasteiger partial charge in [0.05, 0.1) is 6.54 Å². The summed E-state index contributed by atoms with van der Waals surface area (Å²) in [4.78, 5) is 16.9. The monoisotopic (exact) mass is 368 g/mol. The number of fused-ring (bicyclic) bond motifs is 1. The van der Waals surface area contributed by atoms with Gasteiger partial charge in [0.1, 0.15) is 0 Å². The minimum absolute atomic E-state index is 0.00919. The van der Waals surface area contributed by atoms with Crippen LogP contribution in [0.2, 0.25) is 0 Å². The molecule has 0 fully saturated rings. The van der Waals surface area contributed by atoms with Crippen molar-refractivity contribution in [1.29, 1.82) is 0 Å². The van der Waals surface area contributed by atoms with Crippen molar-refractivity contribution in [3.63, 3.8) is 0 Å². The van der Waals surface area contributed by atoms with Gasteiger partial charge in [-0.25, -0.2) is 0 Å². The largest absolute Gasteiger partial charge is 0.343 e. The number of carbonyl (C=O) groups excluding carboxylic acids is 1. The van der Waals surface area contributed by atoms with Crippen molar-refractivity contribution >= 4 is 5.91 Å². The van der Waals surface area contributed by atoms with Crippen LogP contribution in [0.25, 0.3) is 0 Å². The zero-order chi connectivity index (χ0) is 19.4. The molecule has 0 radical (unpaired) electrons. The molecule has 2 aromatic rings. The molecule has 1 aromatic heterocycles. The third kappa shape index (κ3) is 4.41. The fourth-order valence-electron chi connectivity index (χ4n) is 3.91. The average Bonchev–Trinajstić information content (AvgIpc) is 3.03. The molecule has 0 N–H and O–H groups in total. The lowest BCUT2D eigenvalue weighted by Gasteiger charge is -2.31. The Morgan fingerprint density at radius 2 is 1.96 bits per heavy atom. The molecule has 0 aliphatic heterocycles. The molecule has 3 rings (SSSR count). The van der Waals surface area contributed by atoms with Crippen molar-refractivity contribution in [1.82, 2.24) is 19.6 Å². The van der Waals surface area contributed by atoms with Gasteiger partial charge in [0.2, 0.25) is 0 Å². The summed E-state index contributed by atoms with van der Waals surface area (Å²) < 4.78 is 2.06. The van der Waals surface area contributed by atoms with E-state index in [0.717, 1.165) is 37.9 Å². The Balaban J connectivity index is 1.90. The molecule has 1 atom stereocenters. The van der Waals surface area contributed by atoms with Gasteiger partial charge in [-0.2, -0.15) is 5.10 Å². The van der Waals surface area contributed by atoms with E-state index in [4.69, 9.17) is 5.10 Å². The molecule has 0 unspecified atom stereocenters. The van der Waals surface area contributed by atoms with Crippen molar-refractivity contribution in [2.45, 2.75) is 51.6 Å². The van der Waals surface area contributed by atoms with Crippen molar-refractivity contribution in [3.8, 4) is 0 Å². The highest BCUT2D eigenvalue weighted by atomic mass is 16.2. The van der Waals surface area contributed by atoms with Gasteiger partial charge in [0.15, 0.2) is 5.69 Å². The van der Waals surface area contributed by atoms with Crippen LogP contribution >= 0.6 is 0 Å². The molecule has 146 valence electrons. The van der Waals surface area contributed by atoms with Crippen molar-refractivity contribution in [3.05, 3.63) is 52.8 Å². The summed E-state index contributed by atoms with van der Waals surface area (Å²) >= 11 is 0. The zero-order valence-corrected chi connectivity index (χ0v) is 17.1. The predicted molar refractivity (Wildman–Crippen MR) is 109 cm³/mol. The van der Waals surface area contributed by atoms with E-state index >= 15 is 0 Å². The molecule has 0 spiro atoms. The van der Waals surface area contributed by atoms with E-state index in [1.165, 1.54) is 24.1 Å². The van der Waals surface area contributed by atoms with E-state index in [1.807, 2.05) is 6.07 Å². The Labute approximate surface area is 163 Å². The smallest absolute Gasteiger partial charge is 0.274 e. The molecule has 1 aliphatic carbocycles. The summed E-state index contributed by atoms with van der Waals surface area (Å²) in [7, 11) is 5.82. The molecule has 1 aromatic carbocycles. The summed E-state index contributed by atoms with van der Waals surface area (Å²) in [6, 6.07) is 10.9. The zero-order valence-electron chi connectivity index (χ0n) is 17.1. The Hall–Kier alpha value is -2.14. The fraction of sp³-hybridized carbons (Fsp3) is 0.545. The standard InChI is InChI=1S/C22H32N4O/c1-5-6-14-25(4)18-12-13-20-19(15-18)21(22(27)24(2)3)23-26(20)16-17-10-8-7-9-11-17/h7-11,18H,5-6,12-16H2,1-4H3/t18-/m1/s1. The first-order valence-electron chi connectivity index (χ1n) is 10.1. The van der Waals surface area contributed by atoms with Crippen LogP contribution in [0.1, 0.15) is 53.5 Å². The maximum absolute atomic E-state index is 12.8. The van der Waals surface area contributed by atoms with E-state index < -0.39 is 0 Å². The lowest BCUT2D eigenvalue weighted by atomic mass is 9.90. The normalized spacial score (nSPS) is 16.4. The molecular formula is C22H32N4O. The minimum atomic E-state index is 0.00919. The SMILES string of the molecule is CCCCN(C)[C@@H]1CCc2c(c(C(=O)N(C)C)nn2Cc2ccccc2)C1. The van der Waals surface area contributed by atoms with Crippen molar-refractivity contribution in [2.75, 3.05) is 27.7 Å². The van der Waals surface area contributed by atoms with E-state index in [9.17, 15) is 4.79 Å². The second-order valence-electron chi connectivity index (χ2n) is 7.85. The van der Waals surface area contributed by atoms with Crippen LogP contribution in [-0.4, -0.2) is 59.2 Å². The highest BCUT2D eigenvalue weighted by molar-refractivity contribution is 5.93. The summed E-state index contributed by atoms with van der Waals surface area (Å²) in [5, 5.41) is 4.77. The average molecular weight is 369 g/mol. The Morgan fingerprint density at radius 3 is 2.63 bits per heavy atom. The summed E-state index contributed by atoms with van der Waals surface area (Å²) in [6.45, 7) is 4.07. The number of nitrogens with zero attached hydrogens (tertiary/aromatic N) is 4. The predicted octanol–water partition coefficient (Wildman–Crippen LogP) is 3.22. The molecule has 0 saturated heterocycles. The van der Waals surface area contributed by atoms with Gasteiger partial charge in [-0.05, 0) is 44.8 Å². The quantitative estimate of drug-likeness (QED) is 0.753. The van der Waals surface area contributed by atoms with Gasteiger partial charge in [-0.3, -0.25) is 9.48 Å². The number of carbonyl (C=O) groups is 1. The van der Waals surface area contributed by atoms with Gasteiger partial charge < -0.3 is 9.80 Å². The van der Waals surface area contributed by atoms with E-state index in [1.54, 1.807) is 19.0 Å². The molecule has 0 bridgehead atoms.